The van der Waals surface area contributed by atoms with E-state index in [1.165, 1.54) is 11.1 Å². The summed E-state index contributed by atoms with van der Waals surface area (Å²) in [6.45, 7) is 3.62. The van der Waals surface area contributed by atoms with E-state index >= 15 is 0 Å². The van der Waals surface area contributed by atoms with Crippen LogP contribution in [-0.2, 0) is 4.79 Å². The molecule has 3 aromatic rings. The van der Waals surface area contributed by atoms with Gasteiger partial charge in [0, 0.05) is 37.5 Å². The fourth-order valence-electron chi connectivity index (χ4n) is 3.86. The highest BCUT2D eigenvalue weighted by Gasteiger charge is 2.23. The summed E-state index contributed by atoms with van der Waals surface area (Å²) in [6, 6.07) is 16.6. The maximum absolute atomic E-state index is 11.7. The van der Waals surface area contributed by atoms with Gasteiger partial charge in [0.05, 0.1) is 12.1 Å². The number of nitrogens with zero attached hydrogens (tertiary/aromatic N) is 2. The van der Waals surface area contributed by atoms with E-state index in [9.17, 15) is 4.79 Å². The second kappa shape index (κ2) is 10.6. The molecule has 1 amide bonds. The molecule has 0 spiro atoms. The monoisotopic (exact) mass is 447 g/mol. The van der Waals surface area contributed by atoms with E-state index in [1.807, 2.05) is 29.3 Å². The van der Waals surface area contributed by atoms with Gasteiger partial charge in [-0.3, -0.25) is 9.78 Å². The number of aryl methyl sites for hydroxylation is 1. The number of carbonyl (C=O) groups excluding carboxylic acids is 1. The van der Waals surface area contributed by atoms with Crippen molar-refractivity contribution < 1.29 is 9.53 Å². The van der Waals surface area contributed by atoms with Gasteiger partial charge < -0.3 is 15.4 Å². The van der Waals surface area contributed by atoms with Gasteiger partial charge in [-0.1, -0.05) is 30.3 Å². The molecule has 0 bridgehead atoms. The van der Waals surface area contributed by atoms with Crippen LogP contribution in [-0.4, -0.2) is 41.5 Å². The number of carbonyl (C=O) groups is 1. The Morgan fingerprint density at radius 2 is 1.80 bits per heavy atom. The number of rotatable bonds is 4. The molecular weight excluding hydrogens is 421 g/mol. The SMILES string of the molecule is Cc1c(-c2ccc(OC3CCN(C(=O)CN)CC3)cc2)ccc2cccnc12.Cl.Cl. The molecule has 30 heavy (non-hydrogen) atoms. The number of likely N-dealkylation sites (tertiary alicyclic amines) is 1. The third-order valence-corrected chi connectivity index (χ3v) is 5.47. The van der Waals surface area contributed by atoms with Crippen molar-refractivity contribution in [3.8, 4) is 16.9 Å². The number of aromatic nitrogens is 1. The first-order valence-electron chi connectivity index (χ1n) is 9.75. The minimum absolute atomic E-state index is 0. The van der Waals surface area contributed by atoms with Gasteiger partial charge in [-0.15, -0.1) is 24.8 Å². The second-order valence-electron chi connectivity index (χ2n) is 7.24. The predicted octanol–water partition coefficient (Wildman–Crippen LogP) is 4.38. The van der Waals surface area contributed by atoms with Gasteiger partial charge in [0.2, 0.25) is 5.91 Å². The summed E-state index contributed by atoms with van der Waals surface area (Å²) in [5.74, 6) is 0.881. The van der Waals surface area contributed by atoms with E-state index in [1.54, 1.807) is 0 Å². The second-order valence-corrected chi connectivity index (χ2v) is 7.24. The van der Waals surface area contributed by atoms with Gasteiger partial charge in [-0.05, 0) is 41.8 Å². The number of halogens is 2. The Morgan fingerprint density at radius 3 is 2.47 bits per heavy atom. The maximum atomic E-state index is 11.7. The van der Waals surface area contributed by atoms with Gasteiger partial charge in [0.25, 0.3) is 0 Å². The summed E-state index contributed by atoms with van der Waals surface area (Å²) in [6.07, 6.45) is 3.65. The normalized spacial score (nSPS) is 14.0. The zero-order valence-corrected chi connectivity index (χ0v) is 18.5. The molecule has 0 saturated carbocycles. The Morgan fingerprint density at radius 1 is 1.10 bits per heavy atom. The standard InChI is InChI=1S/C23H25N3O2.2ClH/c1-16-21(9-6-18-3-2-12-25-23(16)18)17-4-7-19(8-5-17)28-20-10-13-26(14-11-20)22(27)15-24;;/h2-9,12,20H,10-11,13-15,24H2,1H3;2*1H. The fraction of sp³-hybridized carbons (Fsp3) is 0.304. The molecule has 160 valence electrons. The minimum atomic E-state index is 0. The average molecular weight is 448 g/mol. The predicted molar refractivity (Wildman–Crippen MR) is 126 cm³/mol. The first-order chi connectivity index (χ1) is 13.7. The minimum Gasteiger partial charge on any atom is -0.490 e. The van der Waals surface area contributed by atoms with E-state index in [0.717, 1.165) is 35.1 Å². The molecule has 0 atom stereocenters. The Kier molecular flexibility index (Phi) is 8.47. The van der Waals surface area contributed by atoms with Crippen molar-refractivity contribution in [3.63, 3.8) is 0 Å². The molecular formula is C23H27Cl2N3O2. The van der Waals surface area contributed by atoms with Crippen LogP contribution in [0.25, 0.3) is 22.0 Å². The molecule has 1 fully saturated rings. The van der Waals surface area contributed by atoms with Crippen molar-refractivity contribution in [3.05, 3.63) is 60.3 Å². The molecule has 2 heterocycles. The molecule has 2 N–H and O–H groups in total. The van der Waals surface area contributed by atoms with Crippen molar-refractivity contribution in [1.29, 1.82) is 0 Å². The Bertz CT molecular complexity index is 987. The summed E-state index contributed by atoms with van der Waals surface area (Å²) in [4.78, 5) is 18.0. The summed E-state index contributed by atoms with van der Waals surface area (Å²) in [5.41, 5.74) is 10.0. The van der Waals surface area contributed by atoms with Crippen LogP contribution in [0.15, 0.2) is 54.7 Å². The molecule has 2 aromatic carbocycles. The van der Waals surface area contributed by atoms with Crippen LogP contribution in [0.5, 0.6) is 5.75 Å². The van der Waals surface area contributed by atoms with Crippen molar-refractivity contribution in [2.75, 3.05) is 19.6 Å². The zero-order chi connectivity index (χ0) is 19.5. The van der Waals surface area contributed by atoms with E-state index < -0.39 is 0 Å². The van der Waals surface area contributed by atoms with Crippen LogP contribution in [0.1, 0.15) is 18.4 Å². The van der Waals surface area contributed by atoms with Crippen LogP contribution in [0.2, 0.25) is 0 Å². The Balaban J connectivity index is 0.00000160. The van der Waals surface area contributed by atoms with Crippen molar-refractivity contribution in [2.45, 2.75) is 25.9 Å². The van der Waals surface area contributed by atoms with Crippen molar-refractivity contribution in [2.24, 2.45) is 5.73 Å². The fourth-order valence-corrected chi connectivity index (χ4v) is 3.86. The number of pyridine rings is 1. The van der Waals surface area contributed by atoms with Crippen molar-refractivity contribution in [1.82, 2.24) is 9.88 Å². The molecule has 7 heteroatoms. The smallest absolute Gasteiger partial charge is 0.236 e. The molecule has 1 aliphatic rings. The number of fused-ring (bicyclic) bond motifs is 1. The first kappa shape index (κ1) is 23.9. The number of amides is 1. The van der Waals surface area contributed by atoms with Gasteiger partial charge in [0.15, 0.2) is 0 Å². The highest BCUT2D eigenvalue weighted by molar-refractivity contribution is 5.88. The highest BCUT2D eigenvalue weighted by Crippen LogP contribution is 2.30. The summed E-state index contributed by atoms with van der Waals surface area (Å²) >= 11 is 0. The molecule has 5 nitrogen and oxygen atoms in total. The molecule has 1 saturated heterocycles. The molecule has 0 unspecified atom stereocenters. The van der Waals surface area contributed by atoms with Crippen LogP contribution in [0, 0.1) is 6.92 Å². The largest absolute Gasteiger partial charge is 0.490 e. The quantitative estimate of drug-likeness (QED) is 0.643. The van der Waals surface area contributed by atoms with E-state index in [4.69, 9.17) is 10.5 Å². The summed E-state index contributed by atoms with van der Waals surface area (Å²) in [5, 5.41) is 1.16. The molecule has 1 aromatic heterocycles. The topological polar surface area (TPSA) is 68.5 Å². The van der Waals surface area contributed by atoms with Gasteiger partial charge in [-0.25, -0.2) is 0 Å². The molecule has 4 rings (SSSR count). The number of piperidine rings is 1. The van der Waals surface area contributed by atoms with Crippen LogP contribution < -0.4 is 10.5 Å². The van der Waals surface area contributed by atoms with E-state index in [2.05, 4.69) is 42.2 Å². The number of hydrogen-bond donors (Lipinski definition) is 1. The van der Waals surface area contributed by atoms with Gasteiger partial charge >= 0.3 is 0 Å². The van der Waals surface area contributed by atoms with Crippen molar-refractivity contribution >= 4 is 41.6 Å². The Hall–Kier alpha value is -2.34. The number of hydrogen-bond acceptors (Lipinski definition) is 4. The van der Waals surface area contributed by atoms with E-state index in [-0.39, 0.29) is 43.4 Å². The summed E-state index contributed by atoms with van der Waals surface area (Å²) in [7, 11) is 0. The average Bonchev–Trinajstić information content (AvgIpc) is 2.75. The first-order valence-corrected chi connectivity index (χ1v) is 9.75. The number of benzene rings is 2. The lowest BCUT2D eigenvalue weighted by atomic mass is 9.98. The van der Waals surface area contributed by atoms with Crippen LogP contribution >= 0.6 is 24.8 Å². The zero-order valence-electron chi connectivity index (χ0n) is 16.9. The maximum Gasteiger partial charge on any atom is 0.236 e. The third-order valence-electron chi connectivity index (χ3n) is 5.47. The number of nitrogens with two attached hydrogens (primary N) is 1. The van der Waals surface area contributed by atoms with Gasteiger partial charge in [0.1, 0.15) is 11.9 Å². The molecule has 0 aliphatic carbocycles. The van der Waals surface area contributed by atoms with Crippen LogP contribution in [0.3, 0.4) is 0 Å². The summed E-state index contributed by atoms with van der Waals surface area (Å²) < 4.78 is 6.13. The lowest BCUT2D eigenvalue weighted by Gasteiger charge is -2.32. The lowest BCUT2D eigenvalue weighted by molar-refractivity contribution is -0.131. The lowest BCUT2D eigenvalue weighted by Crippen LogP contribution is -2.44. The molecule has 0 radical (unpaired) electrons. The molecule has 1 aliphatic heterocycles. The van der Waals surface area contributed by atoms with Crippen LogP contribution in [0.4, 0.5) is 0 Å². The van der Waals surface area contributed by atoms with Gasteiger partial charge in [-0.2, -0.15) is 0 Å². The number of ether oxygens (including phenoxy) is 1. The van der Waals surface area contributed by atoms with E-state index in [0.29, 0.717) is 13.1 Å². The Labute approximate surface area is 189 Å². The third kappa shape index (κ3) is 5.04. The highest BCUT2D eigenvalue weighted by atomic mass is 35.5.